The molecule has 1 atom stereocenters. The van der Waals surface area contributed by atoms with Gasteiger partial charge in [-0.1, -0.05) is 25.3 Å². The van der Waals surface area contributed by atoms with Gasteiger partial charge in [0.2, 0.25) is 0 Å². The third-order valence-corrected chi connectivity index (χ3v) is 4.33. The van der Waals surface area contributed by atoms with Gasteiger partial charge in [-0.3, -0.25) is 4.68 Å². The van der Waals surface area contributed by atoms with Gasteiger partial charge in [0.05, 0.1) is 22.3 Å². The summed E-state index contributed by atoms with van der Waals surface area (Å²) in [7, 11) is 1.98. The second-order valence-corrected chi connectivity index (χ2v) is 7.45. The van der Waals surface area contributed by atoms with Crippen LogP contribution in [-0.2, 0) is 11.8 Å². The first-order valence-electron chi connectivity index (χ1n) is 7.37. The van der Waals surface area contributed by atoms with Crippen molar-refractivity contribution in [3.8, 4) is 0 Å². The topological polar surface area (TPSA) is 55.6 Å². The molecule has 0 fully saturated rings. The normalized spacial score (nSPS) is 13.9. The number of hydrogen-bond donors (Lipinski definition) is 1. The third kappa shape index (κ3) is 3.68. The Morgan fingerprint density at radius 1 is 1.33 bits per heavy atom. The SMILES string of the molecule is CNC(Cc1ccn(C(C)C)n1)c1snnc1C(C)(C)C. The van der Waals surface area contributed by atoms with Gasteiger partial charge in [0.25, 0.3) is 0 Å². The van der Waals surface area contributed by atoms with Crippen LogP contribution in [0, 0.1) is 0 Å². The Morgan fingerprint density at radius 2 is 2.05 bits per heavy atom. The molecule has 0 aliphatic carbocycles. The van der Waals surface area contributed by atoms with Crippen molar-refractivity contribution in [2.75, 3.05) is 7.05 Å². The molecule has 0 aromatic carbocycles. The van der Waals surface area contributed by atoms with Gasteiger partial charge in [0.1, 0.15) is 0 Å². The lowest BCUT2D eigenvalue weighted by atomic mass is 9.89. The van der Waals surface area contributed by atoms with Crippen molar-refractivity contribution in [3.63, 3.8) is 0 Å². The van der Waals surface area contributed by atoms with Crippen LogP contribution in [0.2, 0.25) is 0 Å². The van der Waals surface area contributed by atoms with Crippen LogP contribution in [0.3, 0.4) is 0 Å². The van der Waals surface area contributed by atoms with Crippen LogP contribution >= 0.6 is 11.5 Å². The molecular formula is C15H25N5S. The molecule has 0 spiro atoms. The van der Waals surface area contributed by atoms with E-state index in [0.717, 1.165) is 17.8 Å². The van der Waals surface area contributed by atoms with Crippen LogP contribution in [0.15, 0.2) is 12.3 Å². The summed E-state index contributed by atoms with van der Waals surface area (Å²) in [6, 6.07) is 2.69. The molecule has 2 rings (SSSR count). The number of rotatable bonds is 5. The maximum atomic E-state index is 4.64. The molecule has 0 saturated heterocycles. The fourth-order valence-corrected chi connectivity index (χ4v) is 3.23. The van der Waals surface area contributed by atoms with E-state index in [9.17, 15) is 0 Å². The number of nitrogens with one attached hydrogen (secondary N) is 1. The lowest BCUT2D eigenvalue weighted by Gasteiger charge is -2.21. The van der Waals surface area contributed by atoms with Crippen molar-refractivity contribution < 1.29 is 0 Å². The van der Waals surface area contributed by atoms with Crippen molar-refractivity contribution in [2.45, 2.75) is 58.5 Å². The molecule has 0 amide bonds. The summed E-state index contributed by atoms with van der Waals surface area (Å²) < 4.78 is 6.16. The van der Waals surface area contributed by atoms with Gasteiger partial charge in [-0.25, -0.2) is 0 Å². The summed E-state index contributed by atoms with van der Waals surface area (Å²) in [6.45, 7) is 10.8. The maximum absolute atomic E-state index is 4.64. The van der Waals surface area contributed by atoms with Crippen LogP contribution < -0.4 is 5.32 Å². The van der Waals surface area contributed by atoms with Crippen molar-refractivity contribution >= 4 is 11.5 Å². The predicted octanol–water partition coefficient (Wildman–Crippen LogP) is 3.12. The quantitative estimate of drug-likeness (QED) is 0.922. The highest BCUT2D eigenvalue weighted by molar-refractivity contribution is 7.05. The fraction of sp³-hybridized carbons (Fsp3) is 0.667. The molecule has 0 aliphatic rings. The van der Waals surface area contributed by atoms with Crippen molar-refractivity contribution in [1.82, 2.24) is 24.7 Å². The van der Waals surface area contributed by atoms with E-state index in [1.165, 1.54) is 16.4 Å². The Bertz CT molecular complexity index is 579. The van der Waals surface area contributed by atoms with Crippen molar-refractivity contribution in [1.29, 1.82) is 0 Å². The van der Waals surface area contributed by atoms with Gasteiger partial charge in [0, 0.05) is 24.1 Å². The molecule has 21 heavy (non-hydrogen) atoms. The highest BCUT2D eigenvalue weighted by Gasteiger charge is 2.27. The first-order chi connectivity index (χ1) is 9.82. The Kier molecular flexibility index (Phi) is 4.78. The summed E-state index contributed by atoms with van der Waals surface area (Å²) in [5.74, 6) is 0. The minimum atomic E-state index is 0.00866. The summed E-state index contributed by atoms with van der Waals surface area (Å²) in [5.41, 5.74) is 2.18. The Labute approximate surface area is 130 Å². The highest BCUT2D eigenvalue weighted by atomic mass is 32.1. The number of likely N-dealkylation sites (N-methyl/N-ethyl adjacent to an activating group) is 1. The number of aromatic nitrogens is 4. The van der Waals surface area contributed by atoms with E-state index in [0.29, 0.717) is 6.04 Å². The first-order valence-corrected chi connectivity index (χ1v) is 8.14. The molecule has 1 N–H and O–H groups in total. The van der Waals surface area contributed by atoms with Gasteiger partial charge in [0.15, 0.2) is 0 Å². The van der Waals surface area contributed by atoms with Crippen LogP contribution in [0.1, 0.15) is 63.0 Å². The molecule has 0 bridgehead atoms. The molecule has 2 aromatic heterocycles. The van der Waals surface area contributed by atoms with Gasteiger partial charge in [-0.15, -0.1) is 5.10 Å². The molecule has 2 aromatic rings. The van der Waals surface area contributed by atoms with E-state index in [1.807, 2.05) is 17.9 Å². The molecule has 6 heteroatoms. The molecule has 5 nitrogen and oxygen atoms in total. The zero-order valence-electron chi connectivity index (χ0n) is 13.7. The Balaban J connectivity index is 2.22. The Morgan fingerprint density at radius 3 is 2.57 bits per heavy atom. The van der Waals surface area contributed by atoms with Gasteiger partial charge in [-0.05, 0) is 38.5 Å². The third-order valence-electron chi connectivity index (χ3n) is 3.49. The van der Waals surface area contributed by atoms with E-state index in [1.54, 1.807) is 0 Å². The number of hydrogen-bond acceptors (Lipinski definition) is 5. The summed E-state index contributed by atoms with van der Waals surface area (Å²) in [5, 5.41) is 12.4. The molecular weight excluding hydrogens is 282 g/mol. The average Bonchev–Trinajstić information content (AvgIpc) is 3.04. The van der Waals surface area contributed by atoms with Gasteiger partial charge < -0.3 is 5.32 Å². The smallest absolute Gasteiger partial charge is 0.0857 e. The lowest BCUT2D eigenvalue weighted by molar-refractivity contribution is 0.507. The highest BCUT2D eigenvalue weighted by Crippen LogP contribution is 2.31. The van der Waals surface area contributed by atoms with Crippen molar-refractivity contribution in [3.05, 3.63) is 28.5 Å². The second-order valence-electron chi connectivity index (χ2n) is 6.66. The summed E-state index contributed by atoms with van der Waals surface area (Å²) in [6.07, 6.45) is 2.89. The van der Waals surface area contributed by atoms with Crippen LogP contribution in [0.5, 0.6) is 0 Å². The lowest BCUT2D eigenvalue weighted by Crippen LogP contribution is -2.23. The van der Waals surface area contributed by atoms with E-state index < -0.39 is 0 Å². The van der Waals surface area contributed by atoms with Crippen LogP contribution in [0.4, 0.5) is 0 Å². The largest absolute Gasteiger partial charge is 0.312 e. The van der Waals surface area contributed by atoms with E-state index in [4.69, 9.17) is 0 Å². The molecule has 2 heterocycles. The zero-order chi connectivity index (χ0) is 15.6. The molecule has 0 aliphatic heterocycles. The maximum Gasteiger partial charge on any atom is 0.0857 e. The van der Waals surface area contributed by atoms with E-state index in [-0.39, 0.29) is 11.5 Å². The van der Waals surface area contributed by atoms with Gasteiger partial charge >= 0.3 is 0 Å². The average molecular weight is 307 g/mol. The molecule has 0 saturated carbocycles. The van der Waals surface area contributed by atoms with E-state index in [2.05, 4.69) is 60.7 Å². The van der Waals surface area contributed by atoms with Crippen LogP contribution in [-0.4, -0.2) is 26.4 Å². The van der Waals surface area contributed by atoms with Crippen molar-refractivity contribution in [2.24, 2.45) is 0 Å². The minimum absolute atomic E-state index is 0.00866. The minimum Gasteiger partial charge on any atom is -0.312 e. The van der Waals surface area contributed by atoms with Crippen LogP contribution in [0.25, 0.3) is 0 Å². The standard InChI is InChI=1S/C15H25N5S/c1-10(2)20-8-7-11(18-20)9-12(16-6)13-14(15(3,4)5)17-19-21-13/h7-8,10,12,16H,9H2,1-6H3. The summed E-state index contributed by atoms with van der Waals surface area (Å²) >= 11 is 1.48. The molecule has 0 radical (unpaired) electrons. The second kappa shape index (κ2) is 6.23. The first kappa shape index (κ1) is 16.1. The molecule has 1 unspecified atom stereocenters. The zero-order valence-corrected chi connectivity index (χ0v) is 14.5. The van der Waals surface area contributed by atoms with Gasteiger partial charge in [-0.2, -0.15) is 5.10 Å². The number of nitrogens with zero attached hydrogens (tertiary/aromatic N) is 4. The molecule has 116 valence electrons. The summed E-state index contributed by atoms with van der Waals surface area (Å²) in [4.78, 5) is 1.21. The van der Waals surface area contributed by atoms with E-state index >= 15 is 0 Å². The fourth-order valence-electron chi connectivity index (χ4n) is 2.25. The predicted molar refractivity (Wildman–Crippen MR) is 86.7 cm³/mol. The monoisotopic (exact) mass is 307 g/mol. The Hall–Kier alpha value is -1.27.